The molecule has 0 aromatic rings. The van der Waals surface area contributed by atoms with Crippen molar-refractivity contribution in [3.05, 3.63) is 36.5 Å². The summed E-state index contributed by atoms with van der Waals surface area (Å²) >= 11 is 1.04. The van der Waals surface area contributed by atoms with Crippen LogP contribution in [0.1, 0.15) is 78.1 Å². The maximum atomic E-state index is 12.8. The summed E-state index contributed by atoms with van der Waals surface area (Å²) in [6.45, 7) is 3.61. The maximum absolute atomic E-state index is 12.8. The van der Waals surface area contributed by atoms with E-state index in [9.17, 15) is 32.7 Å². The summed E-state index contributed by atoms with van der Waals surface area (Å²) in [6, 6.07) is -1.58. The highest BCUT2D eigenvalue weighted by Crippen LogP contribution is 2.22. The van der Waals surface area contributed by atoms with E-state index in [2.05, 4.69) is 23.1 Å². The van der Waals surface area contributed by atoms with Gasteiger partial charge in [0.25, 0.3) is 0 Å². The third-order valence-electron chi connectivity index (χ3n) is 5.70. The number of carbonyl (C=O) groups is 3. The zero-order valence-electron chi connectivity index (χ0n) is 23.3. The molecular formula is C28H45F3N2O5S. The van der Waals surface area contributed by atoms with Crippen LogP contribution in [0.3, 0.4) is 0 Å². The number of rotatable bonds is 21. The number of allylic oxidation sites excluding steroid dienone is 5. The number of hydrogen-bond donors (Lipinski definition) is 3. The fourth-order valence-corrected chi connectivity index (χ4v) is 4.59. The Kier molecular flexibility index (Phi) is 21.2. The van der Waals surface area contributed by atoms with Gasteiger partial charge in [0.05, 0.1) is 13.2 Å². The Bertz CT molecular complexity index is 788. The summed E-state index contributed by atoms with van der Waals surface area (Å²) < 4.78 is 42.9. The van der Waals surface area contributed by atoms with Crippen molar-refractivity contribution < 1.29 is 37.4 Å². The summed E-state index contributed by atoms with van der Waals surface area (Å²) in [5, 5.41) is 13.9. The van der Waals surface area contributed by atoms with Crippen molar-refractivity contribution in [2.45, 2.75) is 102 Å². The number of nitrogens with one attached hydrogen (secondary N) is 2. The topological polar surface area (TPSA) is 105 Å². The average molecular weight is 579 g/mol. The number of carbonyl (C=O) groups excluding carboxylic acids is 3. The van der Waals surface area contributed by atoms with E-state index in [1.165, 1.54) is 32.1 Å². The van der Waals surface area contributed by atoms with E-state index >= 15 is 0 Å². The predicted octanol–water partition coefficient (Wildman–Crippen LogP) is 5.39. The first-order valence-electron chi connectivity index (χ1n) is 13.6. The Morgan fingerprint density at radius 3 is 2.23 bits per heavy atom. The zero-order valence-corrected chi connectivity index (χ0v) is 24.1. The van der Waals surface area contributed by atoms with Crippen LogP contribution in [-0.2, 0) is 19.1 Å². The standard InChI is InChI=1S/C28H45F3N2O5S/c1-4-6-8-9-10-11-12-13-14-15-16-17-19-24(23(34)18-7-5-2)39-21-22(33-27(37)28(29,30)31)26(36)32-20-25(35)38-3/h13-17,19,22-24,34H,4-12,18,20-21H2,1-3H3,(H,32,36)(H,33,37)/t22?,23-,24+/m0/s1. The van der Waals surface area contributed by atoms with Gasteiger partial charge in [-0.05, 0) is 19.3 Å². The molecule has 0 aliphatic rings. The minimum Gasteiger partial charge on any atom is -0.468 e. The van der Waals surface area contributed by atoms with E-state index in [4.69, 9.17) is 0 Å². The van der Waals surface area contributed by atoms with Gasteiger partial charge in [0.15, 0.2) is 0 Å². The van der Waals surface area contributed by atoms with Gasteiger partial charge in [-0.2, -0.15) is 13.2 Å². The molecule has 0 bridgehead atoms. The smallest absolute Gasteiger partial charge is 0.468 e. The van der Waals surface area contributed by atoms with E-state index < -0.39 is 47.9 Å². The van der Waals surface area contributed by atoms with E-state index in [0.29, 0.717) is 6.42 Å². The van der Waals surface area contributed by atoms with Crippen LogP contribution in [0.4, 0.5) is 13.2 Å². The minimum absolute atomic E-state index is 0.255. The Hall–Kier alpha value is -2.27. The van der Waals surface area contributed by atoms with Crippen LogP contribution in [0.2, 0.25) is 0 Å². The number of ether oxygens (including phenoxy) is 1. The molecule has 0 rings (SSSR count). The maximum Gasteiger partial charge on any atom is 0.471 e. The number of aliphatic hydroxyl groups excluding tert-OH is 1. The van der Waals surface area contributed by atoms with E-state index in [-0.39, 0.29) is 5.75 Å². The molecule has 0 aromatic heterocycles. The fraction of sp³-hybridized carbons (Fsp3) is 0.679. The van der Waals surface area contributed by atoms with Gasteiger partial charge < -0.3 is 20.5 Å². The van der Waals surface area contributed by atoms with Gasteiger partial charge in [-0.25, -0.2) is 0 Å². The van der Waals surface area contributed by atoms with Crippen LogP contribution < -0.4 is 10.6 Å². The van der Waals surface area contributed by atoms with Crippen molar-refractivity contribution in [1.29, 1.82) is 0 Å². The number of amides is 2. The summed E-state index contributed by atoms with van der Waals surface area (Å²) in [7, 11) is 1.10. The molecule has 1 unspecified atom stereocenters. The van der Waals surface area contributed by atoms with Gasteiger partial charge in [0.2, 0.25) is 5.91 Å². The number of esters is 1. The number of thioether (sulfide) groups is 1. The fourth-order valence-electron chi connectivity index (χ4n) is 3.38. The van der Waals surface area contributed by atoms with Crippen LogP contribution in [0.25, 0.3) is 0 Å². The molecule has 0 spiro atoms. The van der Waals surface area contributed by atoms with Crippen molar-refractivity contribution in [3.63, 3.8) is 0 Å². The molecule has 3 atom stereocenters. The Morgan fingerprint density at radius 2 is 1.59 bits per heavy atom. The van der Waals surface area contributed by atoms with Crippen LogP contribution in [0.5, 0.6) is 0 Å². The molecular weight excluding hydrogens is 533 g/mol. The quantitative estimate of drug-likeness (QED) is 0.0958. The molecule has 7 nitrogen and oxygen atoms in total. The van der Waals surface area contributed by atoms with E-state index in [0.717, 1.165) is 44.6 Å². The second kappa shape index (κ2) is 22.5. The largest absolute Gasteiger partial charge is 0.471 e. The number of hydrogen-bond acceptors (Lipinski definition) is 6. The minimum atomic E-state index is -5.18. The number of halogens is 3. The molecule has 3 N–H and O–H groups in total. The average Bonchev–Trinajstić information content (AvgIpc) is 2.90. The SMILES string of the molecule is CCCCCCCCC=CC=CC=C[C@@H](SCC(NC(=O)C(F)(F)F)C(=O)NCC(=O)OC)[C@@H](O)CCCC. The summed E-state index contributed by atoms with van der Waals surface area (Å²) in [4.78, 5) is 35.2. The molecule has 0 aromatic carbocycles. The van der Waals surface area contributed by atoms with Crippen molar-refractivity contribution >= 4 is 29.5 Å². The lowest BCUT2D eigenvalue weighted by Crippen LogP contribution is -2.52. The molecule has 0 saturated carbocycles. The van der Waals surface area contributed by atoms with Crippen molar-refractivity contribution in [2.24, 2.45) is 0 Å². The van der Waals surface area contributed by atoms with Gasteiger partial charge in [-0.15, -0.1) is 11.8 Å². The Morgan fingerprint density at radius 1 is 0.949 bits per heavy atom. The second-order valence-corrected chi connectivity index (χ2v) is 10.3. The summed E-state index contributed by atoms with van der Waals surface area (Å²) in [6.07, 6.45) is 15.6. The number of aliphatic hydroxyl groups is 1. The lowest BCUT2D eigenvalue weighted by atomic mass is 10.1. The molecule has 0 fully saturated rings. The summed E-state index contributed by atoms with van der Waals surface area (Å²) in [5.41, 5.74) is 0. The van der Waals surface area contributed by atoms with Crippen LogP contribution >= 0.6 is 11.8 Å². The van der Waals surface area contributed by atoms with Gasteiger partial charge in [-0.1, -0.05) is 95.2 Å². The predicted molar refractivity (Wildman–Crippen MR) is 150 cm³/mol. The molecule has 0 aliphatic carbocycles. The molecule has 0 aliphatic heterocycles. The first-order valence-corrected chi connectivity index (χ1v) is 14.6. The zero-order chi connectivity index (χ0) is 29.5. The monoisotopic (exact) mass is 578 g/mol. The molecule has 0 saturated heterocycles. The Balaban J connectivity index is 5.16. The Labute approximate surface area is 235 Å². The third kappa shape index (κ3) is 19.4. The molecule has 11 heteroatoms. The molecule has 0 radical (unpaired) electrons. The van der Waals surface area contributed by atoms with Gasteiger partial charge in [0, 0.05) is 11.0 Å². The highest BCUT2D eigenvalue weighted by molar-refractivity contribution is 8.00. The summed E-state index contributed by atoms with van der Waals surface area (Å²) in [5.74, 6) is -4.28. The first-order chi connectivity index (χ1) is 18.6. The van der Waals surface area contributed by atoms with Gasteiger partial charge in [0.1, 0.15) is 12.6 Å². The van der Waals surface area contributed by atoms with Crippen molar-refractivity contribution in [1.82, 2.24) is 10.6 Å². The normalized spacial score (nSPS) is 14.5. The third-order valence-corrected chi connectivity index (χ3v) is 7.08. The van der Waals surface area contributed by atoms with Gasteiger partial charge >= 0.3 is 18.1 Å². The van der Waals surface area contributed by atoms with Crippen LogP contribution in [0.15, 0.2) is 36.5 Å². The first kappa shape index (κ1) is 36.7. The van der Waals surface area contributed by atoms with Crippen molar-refractivity contribution in [3.8, 4) is 0 Å². The second-order valence-electron chi connectivity index (χ2n) is 9.08. The number of unbranched alkanes of at least 4 members (excludes halogenated alkanes) is 7. The van der Waals surface area contributed by atoms with E-state index in [1.807, 2.05) is 19.1 Å². The molecule has 224 valence electrons. The lowest BCUT2D eigenvalue weighted by Gasteiger charge is -2.23. The number of alkyl halides is 3. The highest BCUT2D eigenvalue weighted by atomic mass is 32.2. The van der Waals surface area contributed by atoms with Gasteiger partial charge in [-0.3, -0.25) is 14.4 Å². The van der Waals surface area contributed by atoms with Crippen LogP contribution in [0, 0.1) is 0 Å². The lowest BCUT2D eigenvalue weighted by molar-refractivity contribution is -0.174. The molecule has 0 heterocycles. The van der Waals surface area contributed by atoms with Crippen molar-refractivity contribution in [2.75, 3.05) is 19.4 Å². The highest BCUT2D eigenvalue weighted by Gasteiger charge is 2.41. The van der Waals surface area contributed by atoms with Crippen LogP contribution in [-0.4, -0.2) is 65.9 Å². The van der Waals surface area contributed by atoms with E-state index in [1.54, 1.807) is 23.5 Å². The number of methoxy groups -OCH3 is 1. The molecule has 2 amide bonds. The molecule has 39 heavy (non-hydrogen) atoms.